The summed E-state index contributed by atoms with van der Waals surface area (Å²) in [7, 11) is 0. The Morgan fingerprint density at radius 1 is 1.35 bits per heavy atom. The smallest absolute Gasteiger partial charge is 0.227 e. The molecule has 0 bridgehead atoms. The maximum Gasteiger partial charge on any atom is 0.227 e. The Labute approximate surface area is 103 Å². The predicted molar refractivity (Wildman–Crippen MR) is 67.2 cm³/mol. The second-order valence-corrected chi connectivity index (χ2v) is 4.25. The van der Waals surface area contributed by atoms with Gasteiger partial charge in [0.05, 0.1) is 18.9 Å². The van der Waals surface area contributed by atoms with E-state index in [1.807, 2.05) is 44.2 Å². The SMILES string of the molecule is CC(C)N(CCC#N)C(=O)Cc1ccccc1. The fourth-order valence-electron chi connectivity index (χ4n) is 1.71. The summed E-state index contributed by atoms with van der Waals surface area (Å²) in [5.41, 5.74) is 1.01. The van der Waals surface area contributed by atoms with E-state index in [4.69, 9.17) is 5.26 Å². The molecule has 0 aromatic heterocycles. The van der Waals surface area contributed by atoms with Crippen LogP contribution in [-0.4, -0.2) is 23.4 Å². The Morgan fingerprint density at radius 3 is 2.53 bits per heavy atom. The summed E-state index contributed by atoms with van der Waals surface area (Å²) in [6.07, 6.45) is 0.795. The first-order valence-corrected chi connectivity index (χ1v) is 5.85. The van der Waals surface area contributed by atoms with Crippen molar-refractivity contribution in [2.45, 2.75) is 32.7 Å². The van der Waals surface area contributed by atoms with Crippen molar-refractivity contribution in [3.63, 3.8) is 0 Å². The second kappa shape index (κ2) is 6.70. The first-order chi connectivity index (χ1) is 8.15. The molecule has 0 saturated carbocycles. The quantitative estimate of drug-likeness (QED) is 0.779. The topological polar surface area (TPSA) is 44.1 Å². The van der Waals surface area contributed by atoms with Crippen LogP contribution in [0.3, 0.4) is 0 Å². The summed E-state index contributed by atoms with van der Waals surface area (Å²) < 4.78 is 0. The molecule has 0 aliphatic rings. The van der Waals surface area contributed by atoms with Gasteiger partial charge >= 0.3 is 0 Å². The molecule has 3 nitrogen and oxygen atoms in total. The van der Waals surface area contributed by atoms with Gasteiger partial charge in [-0.1, -0.05) is 30.3 Å². The van der Waals surface area contributed by atoms with Crippen LogP contribution in [0.4, 0.5) is 0 Å². The minimum atomic E-state index is 0.0847. The summed E-state index contributed by atoms with van der Waals surface area (Å²) in [5.74, 6) is 0.0847. The molecule has 0 aliphatic carbocycles. The van der Waals surface area contributed by atoms with Gasteiger partial charge in [0.1, 0.15) is 0 Å². The highest BCUT2D eigenvalue weighted by Gasteiger charge is 2.16. The van der Waals surface area contributed by atoms with Crippen LogP contribution in [0.5, 0.6) is 0 Å². The van der Waals surface area contributed by atoms with Gasteiger partial charge in [-0.05, 0) is 19.4 Å². The zero-order chi connectivity index (χ0) is 12.7. The lowest BCUT2D eigenvalue weighted by Crippen LogP contribution is -2.38. The number of benzene rings is 1. The zero-order valence-corrected chi connectivity index (χ0v) is 10.4. The molecule has 0 aliphatic heterocycles. The van der Waals surface area contributed by atoms with Crippen molar-refractivity contribution in [2.24, 2.45) is 0 Å². The predicted octanol–water partition coefficient (Wildman–Crippen LogP) is 2.38. The summed E-state index contributed by atoms with van der Waals surface area (Å²) in [5, 5.41) is 8.58. The van der Waals surface area contributed by atoms with Crippen LogP contribution in [0.2, 0.25) is 0 Å². The van der Waals surface area contributed by atoms with Crippen LogP contribution >= 0.6 is 0 Å². The molecule has 1 rings (SSSR count). The third-order valence-corrected chi connectivity index (χ3v) is 2.61. The normalized spacial score (nSPS) is 10.0. The van der Waals surface area contributed by atoms with E-state index in [0.717, 1.165) is 5.56 Å². The number of rotatable bonds is 5. The third-order valence-electron chi connectivity index (χ3n) is 2.61. The molecule has 1 aromatic rings. The van der Waals surface area contributed by atoms with E-state index in [0.29, 0.717) is 19.4 Å². The highest BCUT2D eigenvalue weighted by molar-refractivity contribution is 5.79. The lowest BCUT2D eigenvalue weighted by Gasteiger charge is -2.25. The Kier molecular flexibility index (Phi) is 5.22. The lowest BCUT2D eigenvalue weighted by molar-refractivity contribution is -0.132. The molecule has 0 spiro atoms. The van der Waals surface area contributed by atoms with E-state index >= 15 is 0 Å². The average Bonchev–Trinajstić information content (AvgIpc) is 2.30. The fourth-order valence-corrected chi connectivity index (χ4v) is 1.71. The number of carbonyl (C=O) groups excluding carboxylic acids is 1. The van der Waals surface area contributed by atoms with Gasteiger partial charge in [0, 0.05) is 12.6 Å². The number of amides is 1. The molecule has 0 heterocycles. The molecule has 1 amide bonds. The number of nitriles is 1. The van der Waals surface area contributed by atoms with Crippen LogP contribution in [0.15, 0.2) is 30.3 Å². The van der Waals surface area contributed by atoms with Gasteiger partial charge in [-0.15, -0.1) is 0 Å². The van der Waals surface area contributed by atoms with Gasteiger partial charge in [0.25, 0.3) is 0 Å². The standard InChI is InChI=1S/C14H18N2O/c1-12(2)16(10-6-9-15)14(17)11-13-7-4-3-5-8-13/h3-5,7-8,12H,6,10-11H2,1-2H3. The van der Waals surface area contributed by atoms with Crippen molar-refractivity contribution in [1.29, 1.82) is 5.26 Å². The average molecular weight is 230 g/mol. The van der Waals surface area contributed by atoms with Crippen molar-refractivity contribution in [1.82, 2.24) is 4.90 Å². The van der Waals surface area contributed by atoms with Crippen LogP contribution in [-0.2, 0) is 11.2 Å². The molecular weight excluding hydrogens is 212 g/mol. The van der Waals surface area contributed by atoms with E-state index in [1.165, 1.54) is 0 Å². The largest absolute Gasteiger partial charge is 0.339 e. The summed E-state index contributed by atoms with van der Waals surface area (Å²) in [6, 6.07) is 11.9. The van der Waals surface area contributed by atoms with E-state index in [9.17, 15) is 4.79 Å². The Balaban J connectivity index is 2.63. The van der Waals surface area contributed by atoms with Crippen LogP contribution in [0, 0.1) is 11.3 Å². The molecule has 90 valence electrons. The maximum atomic E-state index is 12.1. The summed E-state index contributed by atoms with van der Waals surface area (Å²) in [6.45, 7) is 4.46. The van der Waals surface area contributed by atoms with Crippen LogP contribution in [0.25, 0.3) is 0 Å². The zero-order valence-electron chi connectivity index (χ0n) is 10.4. The number of nitrogens with zero attached hydrogens (tertiary/aromatic N) is 2. The molecule has 0 N–H and O–H groups in total. The lowest BCUT2D eigenvalue weighted by atomic mass is 10.1. The van der Waals surface area contributed by atoms with Crippen molar-refractivity contribution in [3.05, 3.63) is 35.9 Å². The minimum absolute atomic E-state index is 0.0847. The Hall–Kier alpha value is -1.82. The highest BCUT2D eigenvalue weighted by atomic mass is 16.2. The van der Waals surface area contributed by atoms with Gasteiger partial charge < -0.3 is 4.90 Å². The third kappa shape index (κ3) is 4.28. The van der Waals surface area contributed by atoms with E-state index in [-0.39, 0.29) is 11.9 Å². The molecule has 1 aromatic carbocycles. The fraction of sp³-hybridized carbons (Fsp3) is 0.429. The monoisotopic (exact) mass is 230 g/mol. The molecule has 0 radical (unpaired) electrons. The number of hydrogen-bond donors (Lipinski definition) is 0. The van der Waals surface area contributed by atoms with Gasteiger partial charge in [-0.2, -0.15) is 5.26 Å². The van der Waals surface area contributed by atoms with Crippen molar-refractivity contribution in [2.75, 3.05) is 6.54 Å². The Bertz CT molecular complexity index is 392. The molecule has 0 atom stereocenters. The van der Waals surface area contributed by atoms with Crippen LogP contribution < -0.4 is 0 Å². The maximum absolute atomic E-state index is 12.1. The molecule has 17 heavy (non-hydrogen) atoms. The van der Waals surface area contributed by atoms with Gasteiger partial charge in [0.15, 0.2) is 0 Å². The van der Waals surface area contributed by atoms with Gasteiger partial charge in [-0.25, -0.2) is 0 Å². The first-order valence-electron chi connectivity index (χ1n) is 5.85. The molecule has 0 fully saturated rings. The van der Waals surface area contributed by atoms with E-state index < -0.39 is 0 Å². The molecule has 3 heteroatoms. The number of hydrogen-bond acceptors (Lipinski definition) is 2. The van der Waals surface area contributed by atoms with E-state index in [2.05, 4.69) is 6.07 Å². The van der Waals surface area contributed by atoms with Crippen LogP contribution in [0.1, 0.15) is 25.8 Å². The summed E-state index contributed by atoms with van der Waals surface area (Å²) >= 11 is 0. The first kappa shape index (κ1) is 13.2. The van der Waals surface area contributed by atoms with Crippen molar-refractivity contribution in [3.8, 4) is 6.07 Å². The second-order valence-electron chi connectivity index (χ2n) is 4.25. The van der Waals surface area contributed by atoms with Gasteiger partial charge in [0.2, 0.25) is 5.91 Å². The highest BCUT2D eigenvalue weighted by Crippen LogP contribution is 2.06. The van der Waals surface area contributed by atoms with E-state index in [1.54, 1.807) is 4.90 Å². The number of carbonyl (C=O) groups is 1. The minimum Gasteiger partial charge on any atom is -0.339 e. The molecule has 0 unspecified atom stereocenters. The summed E-state index contributed by atoms with van der Waals surface area (Å²) in [4.78, 5) is 13.8. The Morgan fingerprint density at radius 2 is 2.00 bits per heavy atom. The van der Waals surface area contributed by atoms with Crippen molar-refractivity contribution >= 4 is 5.91 Å². The van der Waals surface area contributed by atoms with Gasteiger partial charge in [-0.3, -0.25) is 4.79 Å². The molecular formula is C14H18N2O. The van der Waals surface area contributed by atoms with Crippen molar-refractivity contribution < 1.29 is 4.79 Å². The molecule has 0 saturated heterocycles.